The maximum Gasteiger partial charge on any atom is 0.255 e. The van der Waals surface area contributed by atoms with Gasteiger partial charge in [-0.15, -0.1) is 0 Å². The summed E-state index contributed by atoms with van der Waals surface area (Å²) >= 11 is 12.5. The van der Waals surface area contributed by atoms with E-state index in [0.717, 1.165) is 5.56 Å². The highest BCUT2D eigenvalue weighted by Crippen LogP contribution is 2.32. The van der Waals surface area contributed by atoms with Gasteiger partial charge in [0.25, 0.3) is 5.91 Å². The molecule has 0 unspecified atom stereocenters. The summed E-state index contributed by atoms with van der Waals surface area (Å²) in [5, 5.41) is -0.0531. The Morgan fingerprint density at radius 1 is 0.800 bits per heavy atom. The molecule has 2 aliphatic rings. The van der Waals surface area contributed by atoms with Crippen molar-refractivity contribution in [2.45, 2.75) is 16.7 Å². The molecular weight excluding hydrogens is 537 g/mol. The number of morpholine rings is 1. The Morgan fingerprint density at radius 3 is 1.97 bits per heavy atom. The standard InChI is InChI=1S/C22H25Cl2N3O6S2/c1-16-2-4-17(5-3-16)34(29,30)26-8-6-25(7-9-26)22(28)18-14-21(20(24)15-19(18)23)35(31,32)27-10-12-33-13-11-27/h2-5,14-15H,6-13H2,1H3. The highest BCUT2D eigenvalue weighted by atomic mass is 35.5. The number of hydrogen-bond acceptors (Lipinski definition) is 6. The molecule has 13 heteroatoms. The van der Waals surface area contributed by atoms with Crippen molar-refractivity contribution >= 4 is 49.2 Å². The zero-order valence-electron chi connectivity index (χ0n) is 19.0. The van der Waals surface area contributed by atoms with Crippen LogP contribution < -0.4 is 0 Å². The van der Waals surface area contributed by atoms with E-state index in [-0.39, 0.29) is 77.9 Å². The number of sulfonamides is 2. The predicted octanol–water partition coefficient (Wildman–Crippen LogP) is 2.47. The molecule has 0 aromatic heterocycles. The molecule has 2 aliphatic heterocycles. The molecule has 2 fully saturated rings. The topological polar surface area (TPSA) is 104 Å². The van der Waals surface area contributed by atoms with Crippen molar-refractivity contribution < 1.29 is 26.4 Å². The molecule has 1 amide bonds. The van der Waals surface area contributed by atoms with Crippen LogP contribution in [0.2, 0.25) is 10.0 Å². The van der Waals surface area contributed by atoms with Crippen LogP contribution >= 0.6 is 23.2 Å². The molecule has 0 bridgehead atoms. The lowest BCUT2D eigenvalue weighted by Gasteiger charge is -2.34. The van der Waals surface area contributed by atoms with E-state index in [0.29, 0.717) is 0 Å². The number of nitrogens with zero attached hydrogens (tertiary/aromatic N) is 3. The van der Waals surface area contributed by atoms with Crippen molar-refractivity contribution in [3.05, 3.63) is 57.6 Å². The van der Waals surface area contributed by atoms with E-state index in [1.165, 1.54) is 25.6 Å². The predicted molar refractivity (Wildman–Crippen MR) is 132 cm³/mol. The molecule has 0 spiro atoms. The number of amides is 1. The minimum Gasteiger partial charge on any atom is -0.379 e. The van der Waals surface area contributed by atoms with Crippen molar-refractivity contribution in [1.82, 2.24) is 13.5 Å². The van der Waals surface area contributed by atoms with E-state index in [9.17, 15) is 21.6 Å². The van der Waals surface area contributed by atoms with Gasteiger partial charge in [-0.2, -0.15) is 8.61 Å². The second-order valence-corrected chi connectivity index (χ2v) is 12.9. The summed E-state index contributed by atoms with van der Waals surface area (Å²) in [6, 6.07) is 9.04. The van der Waals surface area contributed by atoms with Crippen LogP contribution in [-0.2, 0) is 24.8 Å². The highest BCUT2D eigenvalue weighted by Gasteiger charge is 2.33. The summed E-state index contributed by atoms with van der Waals surface area (Å²) in [6.45, 7) is 3.25. The minimum atomic E-state index is -3.95. The number of hydrogen-bond donors (Lipinski definition) is 0. The number of aryl methyl sites for hydroxylation is 1. The average molecular weight is 562 g/mol. The summed E-state index contributed by atoms with van der Waals surface area (Å²) in [4.78, 5) is 14.7. The summed E-state index contributed by atoms with van der Waals surface area (Å²) in [5.41, 5.74) is 0.951. The zero-order valence-corrected chi connectivity index (χ0v) is 22.1. The van der Waals surface area contributed by atoms with Gasteiger partial charge < -0.3 is 9.64 Å². The molecule has 0 radical (unpaired) electrons. The third-order valence-corrected chi connectivity index (χ3v) is 10.6. The Labute approximate surface area is 215 Å². The van der Waals surface area contributed by atoms with Gasteiger partial charge in [0.2, 0.25) is 20.0 Å². The molecule has 0 saturated carbocycles. The monoisotopic (exact) mass is 561 g/mol. The van der Waals surface area contributed by atoms with Crippen LogP contribution in [0.3, 0.4) is 0 Å². The third-order valence-electron chi connectivity index (χ3n) is 6.02. The van der Waals surface area contributed by atoms with Gasteiger partial charge in [0.05, 0.1) is 33.7 Å². The first kappa shape index (κ1) is 26.3. The van der Waals surface area contributed by atoms with Gasteiger partial charge in [-0.1, -0.05) is 40.9 Å². The summed E-state index contributed by atoms with van der Waals surface area (Å²) < 4.78 is 60.0. The van der Waals surface area contributed by atoms with E-state index in [1.807, 2.05) is 6.92 Å². The highest BCUT2D eigenvalue weighted by molar-refractivity contribution is 7.89. The molecule has 0 N–H and O–H groups in total. The molecule has 0 aliphatic carbocycles. The van der Waals surface area contributed by atoms with Crippen LogP contribution in [-0.4, -0.2) is 88.7 Å². The van der Waals surface area contributed by atoms with Crippen molar-refractivity contribution in [3.63, 3.8) is 0 Å². The first-order valence-electron chi connectivity index (χ1n) is 10.9. The fraction of sp³-hybridized carbons (Fsp3) is 0.409. The third kappa shape index (κ3) is 5.36. The number of piperazine rings is 1. The van der Waals surface area contributed by atoms with Crippen molar-refractivity contribution in [1.29, 1.82) is 0 Å². The maximum atomic E-state index is 13.3. The van der Waals surface area contributed by atoms with Gasteiger partial charge in [0.1, 0.15) is 4.90 Å². The smallest absolute Gasteiger partial charge is 0.255 e. The molecule has 2 aromatic rings. The number of carbonyl (C=O) groups excluding carboxylic acids is 1. The second-order valence-electron chi connectivity index (χ2n) is 8.29. The molecule has 4 rings (SSSR count). The van der Waals surface area contributed by atoms with Crippen molar-refractivity contribution in [3.8, 4) is 0 Å². The number of benzene rings is 2. The van der Waals surface area contributed by atoms with Gasteiger partial charge in [0, 0.05) is 39.3 Å². The van der Waals surface area contributed by atoms with Gasteiger partial charge >= 0.3 is 0 Å². The average Bonchev–Trinajstić information content (AvgIpc) is 2.84. The zero-order chi connectivity index (χ0) is 25.4. The van der Waals surface area contributed by atoms with Crippen LogP contribution in [0, 0.1) is 6.92 Å². The van der Waals surface area contributed by atoms with Crippen LogP contribution in [0.4, 0.5) is 0 Å². The lowest BCUT2D eigenvalue weighted by molar-refractivity contribution is 0.0697. The van der Waals surface area contributed by atoms with Crippen molar-refractivity contribution in [2.24, 2.45) is 0 Å². The Kier molecular flexibility index (Phi) is 7.77. The first-order chi connectivity index (χ1) is 16.5. The van der Waals surface area contributed by atoms with E-state index in [2.05, 4.69) is 0 Å². The van der Waals surface area contributed by atoms with Crippen molar-refractivity contribution in [2.75, 3.05) is 52.5 Å². The summed E-state index contributed by atoms with van der Waals surface area (Å²) in [5.74, 6) is -0.488. The number of carbonyl (C=O) groups is 1. The summed E-state index contributed by atoms with van der Waals surface area (Å²) in [6.07, 6.45) is 0. The molecule has 190 valence electrons. The molecular formula is C22H25Cl2N3O6S2. The van der Waals surface area contributed by atoms with Crippen LogP contribution in [0.1, 0.15) is 15.9 Å². The fourth-order valence-corrected chi connectivity index (χ4v) is 7.64. The largest absolute Gasteiger partial charge is 0.379 e. The molecule has 2 aromatic carbocycles. The van der Waals surface area contributed by atoms with Crippen LogP contribution in [0.15, 0.2) is 46.2 Å². The molecule has 2 saturated heterocycles. The van der Waals surface area contributed by atoms with E-state index in [1.54, 1.807) is 24.3 Å². The fourth-order valence-electron chi connectivity index (χ4n) is 3.98. The van der Waals surface area contributed by atoms with E-state index < -0.39 is 26.0 Å². The number of halogens is 2. The molecule has 2 heterocycles. The molecule has 9 nitrogen and oxygen atoms in total. The first-order valence-corrected chi connectivity index (χ1v) is 14.6. The Morgan fingerprint density at radius 2 is 1.37 bits per heavy atom. The lowest BCUT2D eigenvalue weighted by Crippen LogP contribution is -2.50. The van der Waals surface area contributed by atoms with Gasteiger partial charge in [-0.05, 0) is 31.2 Å². The maximum absolute atomic E-state index is 13.3. The second kappa shape index (κ2) is 10.3. The SMILES string of the molecule is Cc1ccc(S(=O)(=O)N2CCN(C(=O)c3cc(S(=O)(=O)N4CCOCC4)c(Cl)cc3Cl)CC2)cc1. The lowest BCUT2D eigenvalue weighted by atomic mass is 10.2. The normalized spacial score (nSPS) is 18.5. The van der Waals surface area contributed by atoms with Gasteiger partial charge in [-0.3, -0.25) is 4.79 Å². The Bertz CT molecular complexity index is 1320. The van der Waals surface area contributed by atoms with Gasteiger partial charge in [0.15, 0.2) is 0 Å². The van der Waals surface area contributed by atoms with Crippen LogP contribution in [0.25, 0.3) is 0 Å². The Hall–Kier alpha value is -1.73. The quantitative estimate of drug-likeness (QED) is 0.555. The van der Waals surface area contributed by atoms with Gasteiger partial charge in [-0.25, -0.2) is 16.8 Å². The summed E-state index contributed by atoms with van der Waals surface area (Å²) in [7, 11) is -7.64. The molecule has 35 heavy (non-hydrogen) atoms. The number of ether oxygens (including phenoxy) is 1. The van der Waals surface area contributed by atoms with E-state index in [4.69, 9.17) is 27.9 Å². The molecule has 0 atom stereocenters. The minimum absolute atomic E-state index is 0.00209. The number of rotatable bonds is 5. The van der Waals surface area contributed by atoms with E-state index >= 15 is 0 Å². The Balaban J connectivity index is 1.52. The van der Waals surface area contributed by atoms with Crippen LogP contribution in [0.5, 0.6) is 0 Å².